The van der Waals surface area contributed by atoms with E-state index in [4.69, 9.17) is 9.47 Å². The first-order chi connectivity index (χ1) is 10.4. The number of carbonyl (C=O) groups excluding carboxylic acids is 1. The van der Waals surface area contributed by atoms with E-state index in [1.165, 1.54) is 4.90 Å². The van der Waals surface area contributed by atoms with Crippen molar-refractivity contribution in [3.63, 3.8) is 0 Å². The standard InChI is InChI=1S/C17H26N2O3/c1-11-6-7-16(21-5)15(8-11)18-17(20)14(4)19-9-12(2)22-13(3)10-19/h6-8,12-14H,9-10H2,1-5H3,(H,18,20)/p+1/t12-,13-,14-/m1/s1. The van der Waals surface area contributed by atoms with Crippen LogP contribution in [0.3, 0.4) is 0 Å². The molecule has 0 unspecified atom stereocenters. The molecule has 1 saturated heterocycles. The van der Waals surface area contributed by atoms with Gasteiger partial charge in [-0.3, -0.25) is 4.79 Å². The lowest BCUT2D eigenvalue weighted by Crippen LogP contribution is -3.19. The van der Waals surface area contributed by atoms with Crippen molar-refractivity contribution in [1.29, 1.82) is 0 Å². The van der Waals surface area contributed by atoms with Gasteiger partial charge in [0, 0.05) is 0 Å². The molecule has 0 bridgehead atoms. The Morgan fingerprint density at radius 3 is 2.59 bits per heavy atom. The number of carbonyl (C=O) groups is 1. The lowest BCUT2D eigenvalue weighted by atomic mass is 10.1. The first kappa shape index (κ1) is 16.8. The number of methoxy groups -OCH3 is 1. The number of anilines is 1. The Labute approximate surface area is 132 Å². The third kappa shape index (κ3) is 3.99. The summed E-state index contributed by atoms with van der Waals surface area (Å²) in [4.78, 5) is 13.8. The summed E-state index contributed by atoms with van der Waals surface area (Å²) < 4.78 is 11.1. The molecule has 22 heavy (non-hydrogen) atoms. The largest absolute Gasteiger partial charge is 0.495 e. The Bertz CT molecular complexity index is 523. The summed E-state index contributed by atoms with van der Waals surface area (Å²) in [6.07, 6.45) is 0.366. The van der Waals surface area contributed by atoms with Gasteiger partial charge in [-0.15, -0.1) is 0 Å². The minimum atomic E-state index is -0.126. The molecule has 5 nitrogen and oxygen atoms in total. The molecule has 5 heteroatoms. The van der Waals surface area contributed by atoms with Gasteiger partial charge in [-0.1, -0.05) is 6.07 Å². The van der Waals surface area contributed by atoms with Crippen molar-refractivity contribution in [2.24, 2.45) is 0 Å². The quantitative estimate of drug-likeness (QED) is 0.873. The fourth-order valence-corrected chi connectivity index (χ4v) is 3.01. The summed E-state index contributed by atoms with van der Waals surface area (Å²) in [5, 5.41) is 3.00. The second-order valence-corrected chi connectivity index (χ2v) is 6.24. The number of morpholine rings is 1. The van der Waals surface area contributed by atoms with Gasteiger partial charge in [0.25, 0.3) is 5.91 Å². The summed E-state index contributed by atoms with van der Waals surface area (Å²) >= 11 is 0. The lowest BCUT2D eigenvalue weighted by Gasteiger charge is -2.35. The number of hydrogen-bond donors (Lipinski definition) is 2. The smallest absolute Gasteiger partial charge is 0.282 e. The van der Waals surface area contributed by atoms with E-state index in [9.17, 15) is 4.79 Å². The van der Waals surface area contributed by atoms with Crippen LogP contribution >= 0.6 is 0 Å². The Hall–Kier alpha value is -1.59. The number of ether oxygens (including phenoxy) is 2. The van der Waals surface area contributed by atoms with Crippen molar-refractivity contribution in [3.8, 4) is 5.75 Å². The molecule has 1 amide bonds. The SMILES string of the molecule is COc1ccc(C)cc1NC(=O)[C@@H](C)[NH+]1C[C@@H](C)O[C@H](C)C1. The highest BCUT2D eigenvalue weighted by Gasteiger charge is 2.33. The third-order valence-corrected chi connectivity index (χ3v) is 4.18. The molecule has 3 atom stereocenters. The zero-order valence-corrected chi connectivity index (χ0v) is 14.1. The molecule has 1 heterocycles. The van der Waals surface area contributed by atoms with Crippen molar-refractivity contribution in [3.05, 3.63) is 23.8 Å². The number of rotatable bonds is 4. The summed E-state index contributed by atoms with van der Waals surface area (Å²) in [7, 11) is 1.61. The molecule has 1 aromatic rings. The molecule has 0 spiro atoms. The third-order valence-electron chi connectivity index (χ3n) is 4.18. The van der Waals surface area contributed by atoms with E-state index >= 15 is 0 Å². The van der Waals surface area contributed by atoms with Crippen molar-refractivity contribution in [2.45, 2.75) is 45.9 Å². The number of benzene rings is 1. The van der Waals surface area contributed by atoms with Crippen molar-refractivity contribution in [2.75, 3.05) is 25.5 Å². The Balaban J connectivity index is 2.07. The number of amides is 1. The maximum Gasteiger partial charge on any atom is 0.282 e. The van der Waals surface area contributed by atoms with Gasteiger partial charge in [0.15, 0.2) is 6.04 Å². The van der Waals surface area contributed by atoms with E-state index in [1.807, 2.05) is 32.0 Å². The fraction of sp³-hybridized carbons (Fsp3) is 0.588. The van der Waals surface area contributed by atoms with Gasteiger partial charge in [-0.05, 0) is 45.4 Å². The highest BCUT2D eigenvalue weighted by atomic mass is 16.5. The number of quaternary nitrogens is 1. The molecule has 0 radical (unpaired) electrons. The van der Waals surface area contributed by atoms with E-state index in [-0.39, 0.29) is 24.2 Å². The highest BCUT2D eigenvalue weighted by molar-refractivity contribution is 5.95. The van der Waals surface area contributed by atoms with Crippen LogP contribution in [0.2, 0.25) is 0 Å². The second kappa shape index (κ2) is 7.11. The second-order valence-electron chi connectivity index (χ2n) is 6.24. The zero-order chi connectivity index (χ0) is 16.3. The maximum absolute atomic E-state index is 12.6. The first-order valence-electron chi connectivity index (χ1n) is 7.86. The van der Waals surface area contributed by atoms with Gasteiger partial charge in [-0.25, -0.2) is 0 Å². The van der Waals surface area contributed by atoms with Crippen LogP contribution in [-0.2, 0) is 9.53 Å². The van der Waals surface area contributed by atoms with Crippen LogP contribution in [0.4, 0.5) is 5.69 Å². The molecular weight excluding hydrogens is 280 g/mol. The predicted octanol–water partition coefficient (Wildman–Crippen LogP) is 1.02. The summed E-state index contributed by atoms with van der Waals surface area (Å²) in [6, 6.07) is 5.65. The summed E-state index contributed by atoms with van der Waals surface area (Å²) in [6.45, 7) is 9.79. The first-order valence-corrected chi connectivity index (χ1v) is 7.86. The molecule has 1 fully saturated rings. The number of nitrogens with one attached hydrogen (secondary N) is 2. The highest BCUT2D eigenvalue weighted by Crippen LogP contribution is 2.25. The molecule has 122 valence electrons. The van der Waals surface area contributed by atoms with Crippen LogP contribution in [-0.4, -0.2) is 44.4 Å². The average molecular weight is 307 g/mol. The topological polar surface area (TPSA) is 52.0 Å². The van der Waals surface area contributed by atoms with E-state index in [1.54, 1.807) is 7.11 Å². The predicted molar refractivity (Wildman–Crippen MR) is 86.5 cm³/mol. The van der Waals surface area contributed by atoms with Crippen LogP contribution < -0.4 is 15.0 Å². The molecule has 2 N–H and O–H groups in total. The van der Waals surface area contributed by atoms with Crippen LogP contribution in [0.25, 0.3) is 0 Å². The lowest BCUT2D eigenvalue weighted by molar-refractivity contribution is -0.928. The minimum Gasteiger partial charge on any atom is -0.495 e. The minimum absolute atomic E-state index is 0.0141. The summed E-state index contributed by atoms with van der Waals surface area (Å²) in [5.41, 5.74) is 1.82. The molecule has 1 aliphatic rings. The molecule has 1 aliphatic heterocycles. The van der Waals surface area contributed by atoms with Gasteiger partial charge in [0.1, 0.15) is 31.0 Å². The zero-order valence-electron chi connectivity index (χ0n) is 14.1. The molecule has 0 aromatic heterocycles. The Kier molecular flexibility index (Phi) is 5.42. The maximum atomic E-state index is 12.6. The Morgan fingerprint density at radius 2 is 2.00 bits per heavy atom. The summed E-state index contributed by atoms with van der Waals surface area (Å²) in [5.74, 6) is 0.699. The fourth-order valence-electron chi connectivity index (χ4n) is 3.01. The van der Waals surface area contributed by atoms with Gasteiger partial charge in [-0.2, -0.15) is 0 Å². The molecular formula is C17H27N2O3+. The van der Waals surface area contributed by atoms with Gasteiger partial charge in [0.2, 0.25) is 0 Å². The van der Waals surface area contributed by atoms with E-state index in [2.05, 4.69) is 19.2 Å². The molecule has 2 rings (SSSR count). The Morgan fingerprint density at radius 1 is 1.36 bits per heavy atom. The van der Waals surface area contributed by atoms with Crippen molar-refractivity contribution >= 4 is 11.6 Å². The van der Waals surface area contributed by atoms with E-state index in [0.717, 1.165) is 24.3 Å². The van der Waals surface area contributed by atoms with Crippen LogP contribution in [0.15, 0.2) is 18.2 Å². The van der Waals surface area contributed by atoms with E-state index in [0.29, 0.717) is 5.75 Å². The monoisotopic (exact) mass is 307 g/mol. The van der Waals surface area contributed by atoms with Crippen LogP contribution in [0, 0.1) is 6.92 Å². The van der Waals surface area contributed by atoms with Gasteiger partial charge < -0.3 is 19.7 Å². The van der Waals surface area contributed by atoms with Crippen molar-refractivity contribution < 1.29 is 19.2 Å². The molecule has 0 aliphatic carbocycles. The average Bonchev–Trinajstić information content (AvgIpc) is 2.45. The molecule has 1 aromatic carbocycles. The van der Waals surface area contributed by atoms with Crippen molar-refractivity contribution in [1.82, 2.24) is 0 Å². The van der Waals surface area contributed by atoms with Gasteiger partial charge in [0.05, 0.1) is 12.8 Å². The van der Waals surface area contributed by atoms with Crippen LogP contribution in [0.1, 0.15) is 26.3 Å². The molecule has 0 saturated carbocycles. The number of aryl methyl sites for hydroxylation is 1. The van der Waals surface area contributed by atoms with E-state index < -0.39 is 0 Å². The normalized spacial score (nSPS) is 26.3. The van der Waals surface area contributed by atoms with Crippen LogP contribution in [0.5, 0.6) is 5.75 Å². The van der Waals surface area contributed by atoms with Gasteiger partial charge >= 0.3 is 0 Å². The number of hydrogen-bond acceptors (Lipinski definition) is 3.